The first-order valence-corrected chi connectivity index (χ1v) is 8.45. The van der Waals surface area contributed by atoms with Crippen molar-refractivity contribution in [3.63, 3.8) is 0 Å². The summed E-state index contributed by atoms with van der Waals surface area (Å²) in [5.41, 5.74) is 2.00. The normalized spacial score (nSPS) is 14.3. The lowest BCUT2D eigenvalue weighted by Crippen LogP contribution is -2.48. The highest BCUT2D eigenvalue weighted by molar-refractivity contribution is 6.33. The molecule has 0 unspecified atom stereocenters. The number of rotatable bonds is 3. The Labute approximate surface area is 151 Å². The number of esters is 1. The third kappa shape index (κ3) is 3.77. The molecule has 1 saturated heterocycles. The lowest BCUT2D eigenvalue weighted by atomic mass is 10.1. The molecular formula is C19H19ClN2O3. The molecular weight excluding hydrogens is 340 g/mol. The van der Waals surface area contributed by atoms with Crippen LogP contribution in [0.25, 0.3) is 0 Å². The minimum atomic E-state index is -0.410. The molecule has 1 aliphatic rings. The van der Waals surface area contributed by atoms with Gasteiger partial charge in [0.2, 0.25) is 0 Å². The van der Waals surface area contributed by atoms with Gasteiger partial charge in [0.25, 0.3) is 5.91 Å². The second kappa shape index (κ2) is 7.57. The summed E-state index contributed by atoms with van der Waals surface area (Å²) in [6.45, 7) is 2.72. The quantitative estimate of drug-likeness (QED) is 0.791. The predicted octanol–water partition coefficient (Wildman–Crippen LogP) is 3.09. The minimum absolute atomic E-state index is 0.0322. The number of carbonyl (C=O) groups excluding carboxylic acids is 2. The first kappa shape index (κ1) is 17.3. The molecule has 25 heavy (non-hydrogen) atoms. The van der Waals surface area contributed by atoms with Crippen LogP contribution in [-0.2, 0) is 4.74 Å². The molecule has 6 heteroatoms. The van der Waals surface area contributed by atoms with Crippen molar-refractivity contribution in [2.45, 2.75) is 0 Å². The number of methoxy groups -OCH3 is 1. The fourth-order valence-electron chi connectivity index (χ4n) is 2.91. The molecule has 130 valence electrons. The van der Waals surface area contributed by atoms with Crippen LogP contribution in [0.5, 0.6) is 0 Å². The second-order valence-corrected chi connectivity index (χ2v) is 6.21. The van der Waals surface area contributed by atoms with E-state index in [2.05, 4.69) is 9.64 Å². The maximum absolute atomic E-state index is 12.6. The Kier molecular flexibility index (Phi) is 5.24. The zero-order valence-electron chi connectivity index (χ0n) is 13.9. The smallest absolute Gasteiger partial charge is 0.337 e. The van der Waals surface area contributed by atoms with Crippen LogP contribution in [-0.4, -0.2) is 50.1 Å². The molecule has 1 fully saturated rings. The van der Waals surface area contributed by atoms with Gasteiger partial charge < -0.3 is 14.5 Å². The van der Waals surface area contributed by atoms with E-state index in [0.29, 0.717) is 24.2 Å². The molecule has 1 aliphatic heterocycles. The average Bonchev–Trinajstić information content (AvgIpc) is 2.67. The number of nitrogens with zero attached hydrogens (tertiary/aromatic N) is 2. The Morgan fingerprint density at radius 1 is 0.920 bits per heavy atom. The summed E-state index contributed by atoms with van der Waals surface area (Å²) < 4.78 is 4.67. The maximum Gasteiger partial charge on any atom is 0.337 e. The van der Waals surface area contributed by atoms with Crippen molar-refractivity contribution in [3.05, 3.63) is 64.7 Å². The van der Waals surface area contributed by atoms with E-state index < -0.39 is 5.97 Å². The van der Waals surface area contributed by atoms with Gasteiger partial charge in [-0.15, -0.1) is 0 Å². The van der Waals surface area contributed by atoms with E-state index in [0.717, 1.165) is 23.8 Å². The molecule has 1 heterocycles. The predicted molar refractivity (Wildman–Crippen MR) is 97.4 cm³/mol. The summed E-state index contributed by atoms with van der Waals surface area (Å²) in [6.07, 6.45) is 0. The number of benzene rings is 2. The van der Waals surface area contributed by atoms with Crippen LogP contribution >= 0.6 is 11.6 Å². The van der Waals surface area contributed by atoms with Gasteiger partial charge in [0, 0.05) is 31.7 Å². The molecule has 0 aromatic heterocycles. The van der Waals surface area contributed by atoms with E-state index in [1.807, 2.05) is 29.2 Å². The number of piperazine rings is 1. The highest BCUT2D eigenvalue weighted by Gasteiger charge is 2.23. The first-order valence-electron chi connectivity index (χ1n) is 8.07. The van der Waals surface area contributed by atoms with Gasteiger partial charge in [-0.2, -0.15) is 0 Å². The number of para-hydroxylation sites is 1. The van der Waals surface area contributed by atoms with Gasteiger partial charge in [0.05, 0.1) is 23.4 Å². The van der Waals surface area contributed by atoms with Gasteiger partial charge in [-0.25, -0.2) is 4.79 Å². The number of ether oxygens (including phenoxy) is 1. The summed E-state index contributed by atoms with van der Waals surface area (Å²) in [4.78, 5) is 28.1. The molecule has 2 aromatic rings. The maximum atomic E-state index is 12.6. The van der Waals surface area contributed by atoms with Gasteiger partial charge in [-0.1, -0.05) is 23.7 Å². The highest BCUT2D eigenvalue weighted by atomic mass is 35.5. The molecule has 0 atom stereocenters. The zero-order chi connectivity index (χ0) is 17.8. The van der Waals surface area contributed by atoms with Gasteiger partial charge in [-0.3, -0.25) is 4.79 Å². The minimum Gasteiger partial charge on any atom is -0.465 e. The summed E-state index contributed by atoms with van der Waals surface area (Å²) in [5.74, 6) is -0.442. The van der Waals surface area contributed by atoms with Crippen molar-refractivity contribution in [2.24, 2.45) is 0 Å². The van der Waals surface area contributed by atoms with Crippen molar-refractivity contribution in [1.29, 1.82) is 0 Å². The van der Waals surface area contributed by atoms with Crippen LogP contribution in [0.2, 0.25) is 5.02 Å². The van der Waals surface area contributed by atoms with Crippen molar-refractivity contribution in [2.75, 3.05) is 38.2 Å². The number of hydrogen-bond acceptors (Lipinski definition) is 4. The molecule has 0 spiro atoms. The summed E-state index contributed by atoms with van der Waals surface area (Å²) in [7, 11) is 1.33. The van der Waals surface area contributed by atoms with Crippen molar-refractivity contribution in [3.8, 4) is 0 Å². The number of anilines is 1. The Hall–Kier alpha value is -2.53. The SMILES string of the molecule is COC(=O)c1ccc(C(=O)N2CCN(c3ccccc3Cl)CC2)cc1. The zero-order valence-corrected chi connectivity index (χ0v) is 14.7. The third-order valence-electron chi connectivity index (χ3n) is 4.31. The molecule has 0 radical (unpaired) electrons. The number of hydrogen-bond donors (Lipinski definition) is 0. The van der Waals surface area contributed by atoms with E-state index >= 15 is 0 Å². The van der Waals surface area contributed by atoms with Gasteiger partial charge in [-0.05, 0) is 36.4 Å². The number of halogens is 1. The molecule has 3 rings (SSSR count). The van der Waals surface area contributed by atoms with Crippen LogP contribution in [0.4, 0.5) is 5.69 Å². The number of carbonyl (C=O) groups is 2. The van der Waals surface area contributed by atoms with E-state index in [9.17, 15) is 9.59 Å². The van der Waals surface area contributed by atoms with Crippen LogP contribution in [0, 0.1) is 0 Å². The summed E-state index contributed by atoms with van der Waals surface area (Å²) in [5, 5.41) is 0.723. The average molecular weight is 359 g/mol. The fraction of sp³-hybridized carbons (Fsp3) is 0.263. The Morgan fingerprint density at radius 3 is 2.12 bits per heavy atom. The standard InChI is InChI=1S/C19H19ClN2O3/c1-25-19(24)15-8-6-14(7-9-15)18(23)22-12-10-21(11-13-22)17-5-3-2-4-16(17)20/h2-9H,10-13H2,1H3. The topological polar surface area (TPSA) is 49.9 Å². The van der Waals surface area contributed by atoms with E-state index in [1.54, 1.807) is 24.3 Å². The van der Waals surface area contributed by atoms with Crippen molar-refractivity contribution in [1.82, 2.24) is 4.90 Å². The monoisotopic (exact) mass is 358 g/mol. The van der Waals surface area contributed by atoms with Crippen molar-refractivity contribution >= 4 is 29.2 Å². The second-order valence-electron chi connectivity index (χ2n) is 5.80. The Bertz CT molecular complexity index is 768. The molecule has 0 bridgehead atoms. The molecule has 0 saturated carbocycles. The molecule has 2 aromatic carbocycles. The van der Waals surface area contributed by atoms with Gasteiger partial charge in [0.1, 0.15) is 0 Å². The fourth-order valence-corrected chi connectivity index (χ4v) is 3.16. The lowest BCUT2D eigenvalue weighted by Gasteiger charge is -2.36. The highest BCUT2D eigenvalue weighted by Crippen LogP contribution is 2.26. The van der Waals surface area contributed by atoms with E-state index in [4.69, 9.17) is 11.6 Å². The number of amides is 1. The first-order chi connectivity index (χ1) is 12.1. The molecule has 1 amide bonds. The third-order valence-corrected chi connectivity index (χ3v) is 4.63. The molecule has 0 aliphatic carbocycles. The molecule has 5 nitrogen and oxygen atoms in total. The largest absolute Gasteiger partial charge is 0.465 e. The van der Waals surface area contributed by atoms with Crippen LogP contribution in [0.1, 0.15) is 20.7 Å². The van der Waals surface area contributed by atoms with Crippen molar-refractivity contribution < 1.29 is 14.3 Å². The summed E-state index contributed by atoms with van der Waals surface area (Å²) >= 11 is 6.24. The van der Waals surface area contributed by atoms with Crippen LogP contribution in [0.15, 0.2) is 48.5 Å². The Balaban J connectivity index is 1.63. The van der Waals surface area contributed by atoms with E-state index in [1.165, 1.54) is 7.11 Å². The van der Waals surface area contributed by atoms with Gasteiger partial charge in [0.15, 0.2) is 0 Å². The molecule has 0 N–H and O–H groups in total. The van der Waals surface area contributed by atoms with E-state index in [-0.39, 0.29) is 5.91 Å². The van der Waals surface area contributed by atoms with Crippen LogP contribution in [0.3, 0.4) is 0 Å². The Morgan fingerprint density at radius 2 is 1.52 bits per heavy atom. The van der Waals surface area contributed by atoms with Crippen LogP contribution < -0.4 is 4.90 Å². The lowest BCUT2D eigenvalue weighted by molar-refractivity contribution is 0.0599. The summed E-state index contributed by atoms with van der Waals surface area (Å²) in [6, 6.07) is 14.3. The van der Waals surface area contributed by atoms with Gasteiger partial charge >= 0.3 is 5.97 Å².